The lowest BCUT2D eigenvalue weighted by atomic mass is 9.91. The third-order valence-corrected chi connectivity index (χ3v) is 3.91. The van der Waals surface area contributed by atoms with E-state index >= 15 is 0 Å². The lowest BCUT2D eigenvalue weighted by Gasteiger charge is -2.27. The van der Waals surface area contributed by atoms with E-state index in [-0.39, 0.29) is 0 Å². The molecule has 1 aromatic heterocycles. The highest BCUT2D eigenvalue weighted by Crippen LogP contribution is 2.35. The van der Waals surface area contributed by atoms with Crippen LogP contribution < -0.4 is 5.32 Å². The van der Waals surface area contributed by atoms with Crippen molar-refractivity contribution in [3.63, 3.8) is 0 Å². The summed E-state index contributed by atoms with van der Waals surface area (Å²) in [7, 11) is 0. The first kappa shape index (κ1) is 13.1. The number of hydrogen-bond donors (Lipinski definition) is 2. The number of halogens is 1. The zero-order chi connectivity index (χ0) is 12.3. The van der Waals surface area contributed by atoms with Crippen LogP contribution in [0.25, 0.3) is 0 Å². The van der Waals surface area contributed by atoms with E-state index in [4.69, 9.17) is 0 Å². The van der Waals surface area contributed by atoms with Gasteiger partial charge in [-0.3, -0.25) is 4.68 Å². The molecule has 2 N–H and O–H groups in total. The Morgan fingerprint density at radius 1 is 1.53 bits per heavy atom. The molecule has 0 radical (unpaired) electrons. The molecule has 1 aromatic rings. The van der Waals surface area contributed by atoms with Crippen LogP contribution in [0.4, 0.5) is 0 Å². The first-order valence-electron chi connectivity index (χ1n) is 6.32. The summed E-state index contributed by atoms with van der Waals surface area (Å²) in [4.78, 5) is 0. The molecule has 0 saturated carbocycles. The van der Waals surface area contributed by atoms with Crippen LogP contribution in [-0.2, 0) is 12.1 Å². The molecule has 2 rings (SSSR count). The normalized spacial score (nSPS) is 25.8. The number of aliphatic hydroxyl groups is 1. The maximum Gasteiger partial charge on any atom is 0.109 e. The molecule has 1 atom stereocenters. The van der Waals surface area contributed by atoms with Gasteiger partial charge >= 0.3 is 0 Å². The Morgan fingerprint density at radius 3 is 3.12 bits per heavy atom. The molecule has 0 amide bonds. The molecule has 2 heterocycles. The first-order valence-corrected chi connectivity index (χ1v) is 7.11. The zero-order valence-electron chi connectivity index (χ0n) is 10.2. The standard InChI is InChI=1S/C12H20BrN3O/c1-2-8-16-11(10(13)9-15-16)12(17)4-3-6-14-7-5-12/h9,14,17H,2-8H2,1H3. The van der Waals surface area contributed by atoms with Gasteiger partial charge in [0.25, 0.3) is 0 Å². The highest BCUT2D eigenvalue weighted by atomic mass is 79.9. The summed E-state index contributed by atoms with van der Waals surface area (Å²) >= 11 is 3.52. The van der Waals surface area contributed by atoms with Crippen LogP contribution in [0, 0.1) is 0 Å². The monoisotopic (exact) mass is 301 g/mol. The minimum absolute atomic E-state index is 0.742. The van der Waals surface area contributed by atoms with E-state index in [1.807, 2.05) is 4.68 Å². The molecule has 0 aromatic carbocycles. The highest BCUT2D eigenvalue weighted by Gasteiger charge is 2.35. The molecule has 0 spiro atoms. The Labute approximate surface area is 111 Å². The van der Waals surface area contributed by atoms with Crippen LogP contribution in [0.5, 0.6) is 0 Å². The van der Waals surface area contributed by atoms with Crippen molar-refractivity contribution in [2.24, 2.45) is 0 Å². The Kier molecular flexibility index (Phi) is 4.22. The second-order valence-corrected chi connectivity index (χ2v) is 5.55. The van der Waals surface area contributed by atoms with Crippen molar-refractivity contribution in [1.82, 2.24) is 15.1 Å². The fraction of sp³-hybridized carbons (Fsp3) is 0.750. The second kappa shape index (κ2) is 5.50. The van der Waals surface area contributed by atoms with Gasteiger partial charge in [0, 0.05) is 6.54 Å². The number of aromatic nitrogens is 2. The number of hydrogen-bond acceptors (Lipinski definition) is 3. The Balaban J connectivity index is 2.32. The highest BCUT2D eigenvalue weighted by molar-refractivity contribution is 9.10. The van der Waals surface area contributed by atoms with E-state index in [0.717, 1.165) is 55.5 Å². The SMILES string of the molecule is CCCn1ncc(Br)c1C1(O)CCCNCC1. The van der Waals surface area contributed by atoms with Crippen LogP contribution in [0.15, 0.2) is 10.7 Å². The fourth-order valence-corrected chi connectivity index (χ4v) is 3.16. The number of nitrogens with one attached hydrogen (secondary N) is 1. The topological polar surface area (TPSA) is 50.1 Å². The Hall–Kier alpha value is -0.390. The third kappa shape index (κ3) is 2.72. The van der Waals surface area contributed by atoms with Crippen molar-refractivity contribution in [2.45, 2.75) is 44.8 Å². The quantitative estimate of drug-likeness (QED) is 0.898. The molecule has 1 aliphatic heterocycles. The van der Waals surface area contributed by atoms with Crippen molar-refractivity contribution in [1.29, 1.82) is 0 Å². The van der Waals surface area contributed by atoms with E-state index in [9.17, 15) is 5.11 Å². The second-order valence-electron chi connectivity index (χ2n) is 4.70. The van der Waals surface area contributed by atoms with Gasteiger partial charge in [0.05, 0.1) is 16.4 Å². The zero-order valence-corrected chi connectivity index (χ0v) is 11.8. The average molecular weight is 302 g/mol. The molecule has 17 heavy (non-hydrogen) atoms. The van der Waals surface area contributed by atoms with Crippen molar-refractivity contribution in [3.05, 3.63) is 16.4 Å². The average Bonchev–Trinajstić information content (AvgIpc) is 2.53. The minimum atomic E-state index is -0.742. The van der Waals surface area contributed by atoms with E-state index in [1.54, 1.807) is 6.20 Å². The molecule has 4 nitrogen and oxygen atoms in total. The molecule has 96 valence electrons. The van der Waals surface area contributed by atoms with Gasteiger partial charge in [0.15, 0.2) is 0 Å². The Bertz CT molecular complexity index is 370. The fourth-order valence-electron chi connectivity index (χ4n) is 2.49. The van der Waals surface area contributed by atoms with Crippen molar-refractivity contribution >= 4 is 15.9 Å². The summed E-state index contributed by atoms with van der Waals surface area (Å²) in [6, 6.07) is 0. The number of rotatable bonds is 3. The van der Waals surface area contributed by atoms with Crippen molar-refractivity contribution < 1.29 is 5.11 Å². The van der Waals surface area contributed by atoms with Gasteiger partial charge in [0.1, 0.15) is 5.60 Å². The van der Waals surface area contributed by atoms with Crippen LogP contribution in [0.1, 0.15) is 38.3 Å². The molecule has 1 fully saturated rings. The lowest BCUT2D eigenvalue weighted by Crippen LogP contribution is -2.31. The maximum absolute atomic E-state index is 10.9. The molecular formula is C12H20BrN3O. The molecule has 0 bridgehead atoms. The molecule has 0 aliphatic carbocycles. The summed E-state index contributed by atoms with van der Waals surface area (Å²) in [5.74, 6) is 0. The summed E-state index contributed by atoms with van der Waals surface area (Å²) in [6.45, 7) is 4.83. The maximum atomic E-state index is 10.9. The molecular weight excluding hydrogens is 282 g/mol. The molecule has 1 unspecified atom stereocenters. The van der Waals surface area contributed by atoms with E-state index < -0.39 is 5.60 Å². The van der Waals surface area contributed by atoms with E-state index in [1.165, 1.54) is 0 Å². The van der Waals surface area contributed by atoms with Gasteiger partial charge < -0.3 is 10.4 Å². The summed E-state index contributed by atoms with van der Waals surface area (Å²) in [6.07, 6.45) is 5.37. The minimum Gasteiger partial charge on any atom is -0.383 e. The van der Waals surface area contributed by atoms with E-state index in [2.05, 4.69) is 33.3 Å². The van der Waals surface area contributed by atoms with Crippen molar-refractivity contribution in [2.75, 3.05) is 13.1 Å². The predicted octanol–water partition coefficient (Wildman–Crippen LogP) is 2.02. The van der Waals surface area contributed by atoms with Gasteiger partial charge in [-0.2, -0.15) is 5.10 Å². The van der Waals surface area contributed by atoms with Crippen LogP contribution in [0.2, 0.25) is 0 Å². The smallest absolute Gasteiger partial charge is 0.109 e. The van der Waals surface area contributed by atoms with Crippen LogP contribution in [0.3, 0.4) is 0 Å². The molecule has 1 aliphatic rings. The first-order chi connectivity index (χ1) is 8.17. The number of nitrogens with zero attached hydrogens (tertiary/aromatic N) is 2. The number of aryl methyl sites for hydroxylation is 1. The van der Waals surface area contributed by atoms with Gasteiger partial charge in [0.2, 0.25) is 0 Å². The van der Waals surface area contributed by atoms with Gasteiger partial charge in [-0.1, -0.05) is 6.92 Å². The third-order valence-electron chi connectivity index (χ3n) is 3.33. The largest absolute Gasteiger partial charge is 0.383 e. The van der Waals surface area contributed by atoms with Gasteiger partial charge in [-0.25, -0.2) is 0 Å². The molecule has 1 saturated heterocycles. The van der Waals surface area contributed by atoms with E-state index in [0.29, 0.717) is 0 Å². The van der Waals surface area contributed by atoms with Crippen LogP contribution >= 0.6 is 15.9 Å². The van der Waals surface area contributed by atoms with Crippen LogP contribution in [-0.4, -0.2) is 28.0 Å². The summed E-state index contributed by atoms with van der Waals surface area (Å²) in [5, 5.41) is 18.5. The predicted molar refractivity (Wildman–Crippen MR) is 70.8 cm³/mol. The summed E-state index contributed by atoms with van der Waals surface area (Å²) in [5.41, 5.74) is 0.205. The van der Waals surface area contributed by atoms with Crippen molar-refractivity contribution in [3.8, 4) is 0 Å². The summed E-state index contributed by atoms with van der Waals surface area (Å²) < 4.78 is 2.87. The molecule has 5 heteroatoms. The van der Waals surface area contributed by atoms with Gasteiger partial charge in [-0.15, -0.1) is 0 Å². The van der Waals surface area contributed by atoms with Gasteiger partial charge in [-0.05, 0) is 54.7 Å². The lowest BCUT2D eigenvalue weighted by molar-refractivity contribution is 0.0143. The Morgan fingerprint density at radius 2 is 2.35 bits per heavy atom.